The second-order valence-corrected chi connectivity index (χ2v) is 6.77. The average Bonchev–Trinajstić information content (AvgIpc) is 2.68. The number of hydrogen-bond acceptors (Lipinski definition) is 4. The highest BCUT2D eigenvalue weighted by Crippen LogP contribution is 2.27. The molecule has 2 aromatic rings. The SMILES string of the molecule is CC(NC(=O)CCN1CCN(c2ccccc2O)CC1)c1ccccc1. The Kier molecular flexibility index (Phi) is 6.12. The first-order chi connectivity index (χ1) is 12.6. The Hall–Kier alpha value is -2.53. The van der Waals surface area contributed by atoms with E-state index >= 15 is 0 Å². The molecule has 1 unspecified atom stereocenters. The molecule has 0 spiro atoms. The lowest BCUT2D eigenvalue weighted by atomic mass is 10.1. The Labute approximate surface area is 155 Å². The first-order valence-corrected chi connectivity index (χ1v) is 9.23. The van der Waals surface area contributed by atoms with Gasteiger partial charge in [0.1, 0.15) is 5.75 Å². The van der Waals surface area contributed by atoms with Gasteiger partial charge in [0.05, 0.1) is 11.7 Å². The van der Waals surface area contributed by atoms with Crippen LogP contribution in [0.4, 0.5) is 5.69 Å². The van der Waals surface area contributed by atoms with E-state index < -0.39 is 0 Å². The molecule has 3 rings (SSSR count). The van der Waals surface area contributed by atoms with Gasteiger partial charge in [-0.15, -0.1) is 0 Å². The van der Waals surface area contributed by atoms with Gasteiger partial charge >= 0.3 is 0 Å². The molecule has 1 fully saturated rings. The lowest BCUT2D eigenvalue weighted by molar-refractivity contribution is -0.122. The maximum Gasteiger partial charge on any atom is 0.221 e. The van der Waals surface area contributed by atoms with Crippen molar-refractivity contribution in [1.82, 2.24) is 10.2 Å². The monoisotopic (exact) mass is 353 g/mol. The third-order valence-corrected chi connectivity index (χ3v) is 4.93. The first kappa shape index (κ1) is 18.3. The number of benzene rings is 2. The van der Waals surface area contributed by atoms with Gasteiger partial charge < -0.3 is 15.3 Å². The molecule has 1 saturated heterocycles. The number of para-hydroxylation sites is 2. The Morgan fingerprint density at radius 2 is 1.69 bits per heavy atom. The van der Waals surface area contributed by atoms with Crippen molar-refractivity contribution < 1.29 is 9.90 Å². The zero-order valence-electron chi connectivity index (χ0n) is 15.3. The molecule has 1 aliphatic rings. The van der Waals surface area contributed by atoms with E-state index in [0.717, 1.165) is 44.0 Å². The van der Waals surface area contributed by atoms with Crippen molar-refractivity contribution in [2.45, 2.75) is 19.4 Å². The summed E-state index contributed by atoms with van der Waals surface area (Å²) < 4.78 is 0. The third-order valence-electron chi connectivity index (χ3n) is 4.93. The number of rotatable bonds is 6. The van der Waals surface area contributed by atoms with Crippen molar-refractivity contribution in [2.24, 2.45) is 0 Å². The lowest BCUT2D eigenvalue weighted by Crippen LogP contribution is -2.47. The van der Waals surface area contributed by atoms with Gasteiger partial charge in [-0.25, -0.2) is 0 Å². The van der Waals surface area contributed by atoms with Gasteiger partial charge in [-0.3, -0.25) is 9.69 Å². The number of aromatic hydroxyl groups is 1. The largest absolute Gasteiger partial charge is 0.506 e. The van der Waals surface area contributed by atoms with Crippen LogP contribution in [0.5, 0.6) is 5.75 Å². The van der Waals surface area contributed by atoms with Crippen molar-refractivity contribution in [3.63, 3.8) is 0 Å². The molecule has 2 aromatic carbocycles. The Morgan fingerprint density at radius 3 is 2.38 bits per heavy atom. The zero-order chi connectivity index (χ0) is 18.4. The molecule has 0 aliphatic carbocycles. The van der Waals surface area contributed by atoms with E-state index in [9.17, 15) is 9.90 Å². The summed E-state index contributed by atoms with van der Waals surface area (Å²) in [5.41, 5.74) is 2.01. The van der Waals surface area contributed by atoms with Gasteiger partial charge in [-0.1, -0.05) is 42.5 Å². The van der Waals surface area contributed by atoms with Crippen LogP contribution in [0, 0.1) is 0 Å². The third kappa shape index (κ3) is 4.76. The van der Waals surface area contributed by atoms with Gasteiger partial charge in [-0.2, -0.15) is 0 Å². The first-order valence-electron chi connectivity index (χ1n) is 9.23. The molecule has 26 heavy (non-hydrogen) atoms. The molecule has 1 amide bonds. The van der Waals surface area contributed by atoms with Crippen LogP contribution in [0.2, 0.25) is 0 Å². The molecule has 138 valence electrons. The minimum absolute atomic E-state index is 0.0293. The van der Waals surface area contributed by atoms with Crippen LogP contribution in [0.3, 0.4) is 0 Å². The molecule has 0 bridgehead atoms. The summed E-state index contributed by atoms with van der Waals surface area (Å²) in [5.74, 6) is 0.416. The van der Waals surface area contributed by atoms with Crippen LogP contribution in [-0.4, -0.2) is 48.6 Å². The van der Waals surface area contributed by atoms with Crippen LogP contribution in [0.15, 0.2) is 54.6 Å². The second-order valence-electron chi connectivity index (χ2n) is 6.77. The number of anilines is 1. The Bertz CT molecular complexity index is 712. The highest BCUT2D eigenvalue weighted by atomic mass is 16.3. The molecule has 0 aromatic heterocycles. The highest BCUT2D eigenvalue weighted by Gasteiger charge is 2.19. The van der Waals surface area contributed by atoms with E-state index in [-0.39, 0.29) is 11.9 Å². The van der Waals surface area contributed by atoms with Crippen molar-refractivity contribution in [3.8, 4) is 5.75 Å². The number of nitrogens with one attached hydrogen (secondary N) is 1. The Balaban J connectivity index is 1.41. The predicted octanol–water partition coefficient (Wildman–Crippen LogP) is 2.78. The number of phenolic OH excluding ortho intramolecular Hbond substituents is 1. The summed E-state index contributed by atoms with van der Waals surface area (Å²) in [7, 11) is 0. The van der Waals surface area contributed by atoms with E-state index in [2.05, 4.69) is 15.1 Å². The van der Waals surface area contributed by atoms with Crippen molar-refractivity contribution in [1.29, 1.82) is 0 Å². The molecule has 1 atom stereocenters. The fraction of sp³-hybridized carbons (Fsp3) is 0.381. The summed E-state index contributed by atoms with van der Waals surface area (Å²) in [6, 6.07) is 17.5. The van der Waals surface area contributed by atoms with Gasteiger partial charge in [0.25, 0.3) is 0 Å². The maximum atomic E-state index is 12.2. The highest BCUT2D eigenvalue weighted by molar-refractivity contribution is 5.76. The van der Waals surface area contributed by atoms with Crippen LogP contribution in [0.25, 0.3) is 0 Å². The number of carbonyl (C=O) groups excluding carboxylic acids is 1. The summed E-state index contributed by atoms with van der Waals surface area (Å²) in [6.45, 7) is 6.30. The summed E-state index contributed by atoms with van der Waals surface area (Å²) in [4.78, 5) is 16.7. The smallest absolute Gasteiger partial charge is 0.221 e. The molecule has 0 radical (unpaired) electrons. The van der Waals surface area contributed by atoms with Crippen molar-refractivity contribution in [3.05, 3.63) is 60.2 Å². The number of hydrogen-bond donors (Lipinski definition) is 2. The van der Waals surface area contributed by atoms with Gasteiger partial charge in [-0.05, 0) is 24.6 Å². The number of nitrogens with zero attached hydrogens (tertiary/aromatic N) is 2. The summed E-state index contributed by atoms with van der Waals surface area (Å²) >= 11 is 0. The minimum Gasteiger partial charge on any atom is -0.506 e. The molecular weight excluding hydrogens is 326 g/mol. The molecular formula is C21H27N3O2. The standard InChI is InChI=1S/C21H27N3O2/c1-17(18-7-3-2-4-8-18)22-21(26)11-12-23-13-15-24(16-14-23)19-9-5-6-10-20(19)25/h2-10,17,25H,11-16H2,1H3,(H,22,26). The normalized spacial score (nSPS) is 16.3. The van der Waals surface area contributed by atoms with Gasteiger partial charge in [0.2, 0.25) is 5.91 Å². The van der Waals surface area contributed by atoms with Crippen LogP contribution >= 0.6 is 0 Å². The average molecular weight is 353 g/mol. The fourth-order valence-electron chi connectivity index (χ4n) is 3.34. The lowest BCUT2D eigenvalue weighted by Gasteiger charge is -2.36. The summed E-state index contributed by atoms with van der Waals surface area (Å²) in [6.07, 6.45) is 0.508. The van der Waals surface area contributed by atoms with Crippen molar-refractivity contribution >= 4 is 11.6 Å². The molecule has 1 heterocycles. The molecule has 2 N–H and O–H groups in total. The number of piperazine rings is 1. The van der Waals surface area contributed by atoms with Crippen LogP contribution in [0.1, 0.15) is 24.9 Å². The quantitative estimate of drug-likeness (QED) is 0.838. The Morgan fingerprint density at radius 1 is 1.04 bits per heavy atom. The van der Waals surface area contributed by atoms with Crippen LogP contribution in [-0.2, 0) is 4.79 Å². The van der Waals surface area contributed by atoms with Crippen molar-refractivity contribution in [2.75, 3.05) is 37.6 Å². The van der Waals surface area contributed by atoms with Gasteiger partial charge in [0.15, 0.2) is 0 Å². The second kappa shape index (κ2) is 8.72. The number of amides is 1. The number of phenols is 1. The van der Waals surface area contributed by atoms with Gasteiger partial charge in [0, 0.05) is 39.1 Å². The minimum atomic E-state index is 0.0293. The maximum absolute atomic E-state index is 12.2. The summed E-state index contributed by atoms with van der Waals surface area (Å²) in [5, 5.41) is 13.0. The fourth-order valence-corrected chi connectivity index (χ4v) is 3.34. The molecule has 5 nitrogen and oxygen atoms in total. The van der Waals surface area contributed by atoms with E-state index in [0.29, 0.717) is 12.2 Å². The van der Waals surface area contributed by atoms with E-state index in [1.54, 1.807) is 6.07 Å². The molecule has 1 aliphatic heterocycles. The van der Waals surface area contributed by atoms with E-state index in [4.69, 9.17) is 0 Å². The predicted molar refractivity (Wildman–Crippen MR) is 104 cm³/mol. The zero-order valence-corrected chi connectivity index (χ0v) is 15.3. The van der Waals surface area contributed by atoms with E-state index in [1.807, 2.05) is 55.5 Å². The number of carbonyl (C=O) groups is 1. The molecule has 5 heteroatoms. The van der Waals surface area contributed by atoms with E-state index in [1.165, 1.54) is 0 Å². The molecule has 0 saturated carbocycles. The van der Waals surface area contributed by atoms with Crippen LogP contribution < -0.4 is 10.2 Å². The topological polar surface area (TPSA) is 55.8 Å².